The van der Waals surface area contributed by atoms with E-state index in [1.165, 1.54) is 5.56 Å². The third kappa shape index (κ3) is 5.60. The number of nitrogens with one attached hydrogen (secondary N) is 2. The molecule has 0 atom stereocenters. The average Bonchev–Trinajstić information content (AvgIpc) is 2.56. The van der Waals surface area contributed by atoms with E-state index < -0.39 is 0 Å². The number of urea groups is 1. The number of hydrogen-bond donors (Lipinski definition) is 2. The van der Waals surface area contributed by atoms with E-state index in [-0.39, 0.29) is 6.03 Å². The van der Waals surface area contributed by atoms with Crippen LogP contribution in [0.2, 0.25) is 0 Å². The molecule has 2 amide bonds. The number of amides is 2. The van der Waals surface area contributed by atoms with E-state index in [4.69, 9.17) is 9.47 Å². The van der Waals surface area contributed by atoms with Gasteiger partial charge in [-0.25, -0.2) is 9.78 Å². The Bertz CT molecular complexity index is 629. The molecular formula is C17H21N3O3. The van der Waals surface area contributed by atoms with Crippen LogP contribution in [0, 0.1) is 6.92 Å². The lowest BCUT2D eigenvalue weighted by Gasteiger charge is -2.12. The molecule has 2 N–H and O–H groups in total. The Morgan fingerprint density at radius 1 is 1.17 bits per heavy atom. The second-order valence-corrected chi connectivity index (χ2v) is 4.99. The summed E-state index contributed by atoms with van der Waals surface area (Å²) in [6, 6.07) is 11.2. The number of methoxy groups -OCH3 is 1. The third-order valence-corrected chi connectivity index (χ3v) is 3.12. The molecule has 0 spiro atoms. The zero-order chi connectivity index (χ0) is 16.5. The lowest BCUT2D eigenvalue weighted by atomic mass is 10.1. The van der Waals surface area contributed by atoms with E-state index in [9.17, 15) is 4.79 Å². The van der Waals surface area contributed by atoms with Gasteiger partial charge in [-0.1, -0.05) is 29.8 Å². The molecule has 6 heteroatoms. The van der Waals surface area contributed by atoms with Crippen LogP contribution in [-0.4, -0.2) is 31.3 Å². The van der Waals surface area contributed by atoms with Gasteiger partial charge in [0.1, 0.15) is 12.3 Å². The molecule has 23 heavy (non-hydrogen) atoms. The second-order valence-electron chi connectivity index (χ2n) is 4.99. The predicted octanol–water partition coefficient (Wildman–Crippen LogP) is 2.74. The van der Waals surface area contributed by atoms with Gasteiger partial charge in [0.15, 0.2) is 0 Å². The summed E-state index contributed by atoms with van der Waals surface area (Å²) in [6.07, 6.45) is 1.61. The summed E-state index contributed by atoms with van der Waals surface area (Å²) in [6.45, 7) is 3.30. The fourth-order valence-corrected chi connectivity index (χ4v) is 1.88. The van der Waals surface area contributed by atoms with Gasteiger partial charge in [0.25, 0.3) is 0 Å². The third-order valence-electron chi connectivity index (χ3n) is 3.12. The van der Waals surface area contributed by atoms with E-state index in [1.807, 2.05) is 31.2 Å². The number of aromatic nitrogens is 1. The number of anilines is 1. The number of benzene rings is 1. The van der Waals surface area contributed by atoms with Gasteiger partial charge in [0, 0.05) is 19.9 Å². The number of nitrogens with zero attached hydrogens (tertiary/aromatic N) is 1. The van der Waals surface area contributed by atoms with Crippen LogP contribution in [-0.2, 0) is 11.3 Å². The zero-order valence-electron chi connectivity index (χ0n) is 13.3. The largest absolute Gasteiger partial charge is 0.474 e. The van der Waals surface area contributed by atoms with Gasteiger partial charge >= 0.3 is 6.03 Å². The highest BCUT2D eigenvalue weighted by atomic mass is 16.5. The Hall–Kier alpha value is -2.60. The van der Waals surface area contributed by atoms with Crippen LogP contribution < -0.4 is 15.4 Å². The molecule has 1 aromatic carbocycles. The van der Waals surface area contributed by atoms with Crippen molar-refractivity contribution in [2.45, 2.75) is 13.5 Å². The van der Waals surface area contributed by atoms with Crippen LogP contribution in [0.3, 0.4) is 0 Å². The molecular weight excluding hydrogens is 294 g/mol. The minimum Gasteiger partial charge on any atom is -0.474 e. The topological polar surface area (TPSA) is 72.5 Å². The van der Waals surface area contributed by atoms with Gasteiger partial charge in [-0.2, -0.15) is 0 Å². The van der Waals surface area contributed by atoms with E-state index in [1.54, 1.807) is 25.4 Å². The molecule has 0 saturated heterocycles. The lowest BCUT2D eigenvalue weighted by Crippen LogP contribution is -2.28. The van der Waals surface area contributed by atoms with Crippen molar-refractivity contribution in [3.63, 3.8) is 0 Å². The SMILES string of the molecule is COCCOc1ncccc1NC(=O)NCc1ccc(C)cc1. The molecule has 1 aromatic heterocycles. The maximum atomic E-state index is 12.0. The number of carbonyl (C=O) groups is 1. The number of pyridine rings is 1. The lowest BCUT2D eigenvalue weighted by molar-refractivity contribution is 0.144. The van der Waals surface area contributed by atoms with Crippen molar-refractivity contribution in [2.24, 2.45) is 0 Å². The number of ether oxygens (including phenoxy) is 2. The molecule has 6 nitrogen and oxygen atoms in total. The summed E-state index contributed by atoms with van der Waals surface area (Å²) < 4.78 is 10.4. The van der Waals surface area contributed by atoms with Gasteiger partial charge in [0.05, 0.1) is 6.61 Å². The first-order chi connectivity index (χ1) is 11.2. The zero-order valence-corrected chi connectivity index (χ0v) is 13.3. The summed E-state index contributed by atoms with van der Waals surface area (Å²) >= 11 is 0. The fraction of sp³-hybridized carbons (Fsp3) is 0.294. The summed E-state index contributed by atoms with van der Waals surface area (Å²) in [5.74, 6) is 0.370. The fourth-order valence-electron chi connectivity index (χ4n) is 1.88. The maximum absolute atomic E-state index is 12.0. The average molecular weight is 315 g/mol. The molecule has 2 aromatic rings. The monoisotopic (exact) mass is 315 g/mol. The number of carbonyl (C=O) groups excluding carboxylic acids is 1. The molecule has 0 radical (unpaired) electrons. The molecule has 0 aliphatic carbocycles. The maximum Gasteiger partial charge on any atom is 0.319 e. The van der Waals surface area contributed by atoms with E-state index in [0.29, 0.717) is 31.3 Å². The number of aryl methyl sites for hydroxylation is 1. The highest BCUT2D eigenvalue weighted by Crippen LogP contribution is 2.20. The highest BCUT2D eigenvalue weighted by Gasteiger charge is 2.08. The van der Waals surface area contributed by atoms with Crippen LogP contribution in [0.5, 0.6) is 5.88 Å². The molecule has 0 fully saturated rings. The summed E-state index contributed by atoms with van der Waals surface area (Å²) in [7, 11) is 1.60. The predicted molar refractivity (Wildman–Crippen MR) is 88.6 cm³/mol. The van der Waals surface area contributed by atoms with Gasteiger partial charge in [-0.15, -0.1) is 0 Å². The molecule has 0 bridgehead atoms. The Balaban J connectivity index is 1.88. The molecule has 0 aliphatic heterocycles. The van der Waals surface area contributed by atoms with Crippen LogP contribution >= 0.6 is 0 Å². The van der Waals surface area contributed by atoms with Gasteiger partial charge in [-0.05, 0) is 24.6 Å². The first-order valence-corrected chi connectivity index (χ1v) is 7.36. The minimum atomic E-state index is -0.310. The minimum absolute atomic E-state index is 0.310. The van der Waals surface area contributed by atoms with Crippen LogP contribution in [0.4, 0.5) is 10.5 Å². The normalized spacial score (nSPS) is 10.2. The molecule has 122 valence electrons. The Labute approximate surface area is 135 Å². The molecule has 0 saturated carbocycles. The number of rotatable bonds is 7. The molecule has 2 rings (SSSR count). The smallest absolute Gasteiger partial charge is 0.319 e. The second kappa shape index (κ2) is 8.75. The van der Waals surface area contributed by atoms with Crippen molar-refractivity contribution in [2.75, 3.05) is 25.6 Å². The van der Waals surface area contributed by atoms with Gasteiger partial charge in [0.2, 0.25) is 5.88 Å². The van der Waals surface area contributed by atoms with E-state index in [2.05, 4.69) is 15.6 Å². The Morgan fingerprint density at radius 2 is 1.96 bits per heavy atom. The van der Waals surface area contributed by atoms with Crippen LogP contribution in [0.1, 0.15) is 11.1 Å². The van der Waals surface area contributed by atoms with Gasteiger partial charge in [-0.3, -0.25) is 0 Å². The van der Waals surface area contributed by atoms with Crippen molar-refractivity contribution < 1.29 is 14.3 Å². The van der Waals surface area contributed by atoms with E-state index >= 15 is 0 Å². The van der Waals surface area contributed by atoms with Gasteiger partial charge < -0.3 is 20.1 Å². The standard InChI is InChI=1S/C17H21N3O3/c1-13-5-7-14(8-6-13)12-19-17(21)20-15-4-3-9-18-16(15)23-11-10-22-2/h3-9H,10-12H2,1-2H3,(H2,19,20,21). The van der Waals surface area contributed by atoms with Crippen molar-refractivity contribution in [1.29, 1.82) is 0 Å². The molecule has 0 unspecified atom stereocenters. The summed E-state index contributed by atoms with van der Waals surface area (Å²) in [4.78, 5) is 16.1. The summed E-state index contributed by atoms with van der Waals surface area (Å²) in [5.41, 5.74) is 2.74. The van der Waals surface area contributed by atoms with Crippen molar-refractivity contribution in [3.8, 4) is 5.88 Å². The van der Waals surface area contributed by atoms with Crippen molar-refractivity contribution in [1.82, 2.24) is 10.3 Å². The van der Waals surface area contributed by atoms with Crippen LogP contribution in [0.25, 0.3) is 0 Å². The molecule has 0 aliphatic rings. The van der Waals surface area contributed by atoms with Crippen LogP contribution in [0.15, 0.2) is 42.6 Å². The number of hydrogen-bond acceptors (Lipinski definition) is 4. The van der Waals surface area contributed by atoms with Crippen molar-refractivity contribution in [3.05, 3.63) is 53.7 Å². The first-order valence-electron chi connectivity index (χ1n) is 7.36. The quantitative estimate of drug-likeness (QED) is 0.771. The highest BCUT2D eigenvalue weighted by molar-refractivity contribution is 5.90. The Kier molecular flexibility index (Phi) is 6.38. The van der Waals surface area contributed by atoms with Crippen molar-refractivity contribution >= 4 is 11.7 Å². The van der Waals surface area contributed by atoms with E-state index in [0.717, 1.165) is 5.56 Å². The first kappa shape index (κ1) is 16.8. The summed E-state index contributed by atoms with van der Waals surface area (Å²) in [5, 5.41) is 5.54. The molecule has 1 heterocycles. The Morgan fingerprint density at radius 3 is 2.70 bits per heavy atom.